The van der Waals surface area contributed by atoms with Gasteiger partial charge in [0.25, 0.3) is 0 Å². The van der Waals surface area contributed by atoms with E-state index >= 15 is 0 Å². The van der Waals surface area contributed by atoms with Crippen LogP contribution in [0.5, 0.6) is 0 Å². The van der Waals surface area contributed by atoms with Gasteiger partial charge >= 0.3 is 0 Å². The van der Waals surface area contributed by atoms with Crippen molar-refractivity contribution in [2.24, 2.45) is 0 Å². The second-order valence-corrected chi connectivity index (χ2v) is 5.67. The van der Waals surface area contributed by atoms with Crippen LogP contribution < -0.4 is 5.32 Å². The van der Waals surface area contributed by atoms with Gasteiger partial charge in [0.1, 0.15) is 0 Å². The summed E-state index contributed by atoms with van der Waals surface area (Å²) in [6, 6.07) is 8.98. The van der Waals surface area contributed by atoms with E-state index in [-0.39, 0.29) is 5.41 Å². The zero-order valence-electron chi connectivity index (χ0n) is 9.12. The van der Waals surface area contributed by atoms with E-state index in [4.69, 9.17) is 0 Å². The number of anilines is 1. The van der Waals surface area contributed by atoms with Gasteiger partial charge in [0.15, 0.2) is 0 Å². The summed E-state index contributed by atoms with van der Waals surface area (Å²) in [6.07, 6.45) is 3.25. The van der Waals surface area contributed by atoms with Crippen LogP contribution in [0, 0.1) is 11.3 Å². The minimum Gasteiger partial charge on any atom is -0.383 e. The van der Waals surface area contributed by atoms with Gasteiger partial charge in [0, 0.05) is 22.9 Å². The van der Waals surface area contributed by atoms with E-state index in [0.717, 1.165) is 25.1 Å². The number of fused-ring (bicyclic) bond motifs is 1. The molecule has 1 aromatic rings. The molecule has 3 heteroatoms. The third-order valence-corrected chi connectivity index (χ3v) is 4.69. The van der Waals surface area contributed by atoms with Gasteiger partial charge in [0.2, 0.25) is 0 Å². The first-order valence-corrected chi connectivity index (χ1v) is 6.75. The first-order chi connectivity index (χ1) is 7.84. The fraction of sp³-hybridized carbons (Fsp3) is 0.462. The van der Waals surface area contributed by atoms with E-state index in [1.54, 1.807) is 0 Å². The largest absolute Gasteiger partial charge is 0.383 e. The van der Waals surface area contributed by atoms with Gasteiger partial charge in [-0.2, -0.15) is 5.26 Å². The molecule has 0 saturated heterocycles. The first-order valence-electron chi connectivity index (χ1n) is 5.77. The number of rotatable bonds is 1. The van der Waals surface area contributed by atoms with Crippen LogP contribution in [0.15, 0.2) is 23.1 Å². The Morgan fingerprint density at radius 2 is 2.25 bits per heavy atom. The molecule has 2 nitrogen and oxygen atoms in total. The number of hydrogen-bond acceptors (Lipinski definition) is 3. The fourth-order valence-corrected chi connectivity index (χ4v) is 3.36. The molecule has 0 atom stereocenters. The van der Waals surface area contributed by atoms with Gasteiger partial charge < -0.3 is 5.32 Å². The van der Waals surface area contributed by atoms with Crippen LogP contribution in [0.1, 0.15) is 24.8 Å². The standard InChI is InChI=1S/C13H14N2S/c14-9-13(4-1-5-13)10-2-3-11-12(8-10)16-7-6-15-11/h2-3,8,15H,1,4-7H2. The molecule has 0 amide bonds. The Hall–Kier alpha value is -1.14. The van der Waals surface area contributed by atoms with E-state index < -0.39 is 0 Å². The number of nitrogens with one attached hydrogen (secondary N) is 1. The Kier molecular flexibility index (Phi) is 2.33. The summed E-state index contributed by atoms with van der Waals surface area (Å²) in [5, 5.41) is 12.7. The van der Waals surface area contributed by atoms with Crippen LogP contribution >= 0.6 is 11.8 Å². The molecule has 0 unspecified atom stereocenters. The van der Waals surface area contributed by atoms with Crippen LogP contribution in [0.3, 0.4) is 0 Å². The van der Waals surface area contributed by atoms with Crippen molar-refractivity contribution in [3.05, 3.63) is 23.8 Å². The Morgan fingerprint density at radius 3 is 2.94 bits per heavy atom. The van der Waals surface area contributed by atoms with E-state index in [2.05, 4.69) is 29.6 Å². The molecule has 0 radical (unpaired) electrons. The molecule has 1 fully saturated rings. The zero-order chi connectivity index (χ0) is 11.0. The normalized spacial score (nSPS) is 21.2. The second-order valence-electron chi connectivity index (χ2n) is 4.53. The molecule has 0 spiro atoms. The predicted molar refractivity (Wildman–Crippen MR) is 66.8 cm³/mol. The van der Waals surface area contributed by atoms with Gasteiger partial charge in [-0.15, -0.1) is 11.8 Å². The molecule has 1 saturated carbocycles. The molecule has 1 aromatic carbocycles. The maximum Gasteiger partial charge on any atom is 0.0822 e. The summed E-state index contributed by atoms with van der Waals surface area (Å²) in [7, 11) is 0. The van der Waals surface area contributed by atoms with Crippen molar-refractivity contribution in [2.75, 3.05) is 17.6 Å². The van der Waals surface area contributed by atoms with Crippen molar-refractivity contribution in [1.29, 1.82) is 5.26 Å². The van der Waals surface area contributed by atoms with Gasteiger partial charge in [-0.3, -0.25) is 0 Å². The van der Waals surface area contributed by atoms with E-state index in [9.17, 15) is 5.26 Å². The Bertz CT molecular complexity index is 457. The maximum absolute atomic E-state index is 9.32. The predicted octanol–water partition coefficient (Wildman–Crippen LogP) is 3.15. The van der Waals surface area contributed by atoms with Crippen LogP contribution in [0.2, 0.25) is 0 Å². The average Bonchev–Trinajstić information content (AvgIpc) is 2.28. The zero-order valence-corrected chi connectivity index (χ0v) is 9.94. The van der Waals surface area contributed by atoms with Crippen molar-refractivity contribution in [3.8, 4) is 6.07 Å². The van der Waals surface area contributed by atoms with E-state index in [1.165, 1.54) is 22.6 Å². The Balaban J connectivity index is 2.00. The number of nitrogens with zero attached hydrogens (tertiary/aromatic N) is 1. The van der Waals surface area contributed by atoms with Gasteiger partial charge in [-0.05, 0) is 37.0 Å². The highest BCUT2D eigenvalue weighted by Crippen LogP contribution is 2.45. The minimum absolute atomic E-state index is 0.174. The van der Waals surface area contributed by atoms with Crippen molar-refractivity contribution in [1.82, 2.24) is 0 Å². The molecular weight excluding hydrogens is 216 g/mol. The average molecular weight is 230 g/mol. The summed E-state index contributed by atoms with van der Waals surface area (Å²) in [4.78, 5) is 1.31. The van der Waals surface area contributed by atoms with Crippen molar-refractivity contribution in [2.45, 2.75) is 29.6 Å². The Labute approximate surface area is 100 Å². The van der Waals surface area contributed by atoms with E-state index in [1.807, 2.05) is 11.8 Å². The maximum atomic E-state index is 9.32. The smallest absolute Gasteiger partial charge is 0.0822 e. The van der Waals surface area contributed by atoms with Crippen LogP contribution in [-0.4, -0.2) is 12.3 Å². The highest BCUT2D eigenvalue weighted by molar-refractivity contribution is 7.99. The van der Waals surface area contributed by atoms with Crippen molar-refractivity contribution < 1.29 is 0 Å². The SMILES string of the molecule is N#CC1(c2ccc3c(c2)SCCN3)CCC1. The third kappa shape index (κ3) is 1.41. The van der Waals surface area contributed by atoms with Crippen molar-refractivity contribution >= 4 is 17.4 Å². The summed E-state index contributed by atoms with van der Waals surface area (Å²) in [6.45, 7) is 1.04. The number of thioether (sulfide) groups is 1. The molecule has 3 rings (SSSR count). The summed E-state index contributed by atoms with van der Waals surface area (Å²) in [5.74, 6) is 1.12. The highest BCUT2D eigenvalue weighted by atomic mass is 32.2. The second kappa shape index (κ2) is 3.71. The monoisotopic (exact) mass is 230 g/mol. The molecule has 1 aliphatic carbocycles. The van der Waals surface area contributed by atoms with Crippen LogP contribution in [-0.2, 0) is 5.41 Å². The lowest BCUT2D eigenvalue weighted by Crippen LogP contribution is -2.32. The summed E-state index contributed by atoms with van der Waals surface area (Å²) >= 11 is 1.89. The topological polar surface area (TPSA) is 35.8 Å². The summed E-state index contributed by atoms with van der Waals surface area (Å²) in [5.41, 5.74) is 2.27. The molecule has 2 aliphatic rings. The van der Waals surface area contributed by atoms with Gasteiger partial charge in [0.05, 0.1) is 11.5 Å². The molecule has 1 aliphatic heterocycles. The molecule has 82 valence electrons. The minimum atomic E-state index is -0.174. The first kappa shape index (κ1) is 10.0. The number of hydrogen-bond donors (Lipinski definition) is 1. The molecule has 16 heavy (non-hydrogen) atoms. The van der Waals surface area contributed by atoms with E-state index in [0.29, 0.717) is 0 Å². The molecule has 0 aromatic heterocycles. The molecular formula is C13H14N2S. The van der Waals surface area contributed by atoms with Crippen molar-refractivity contribution in [3.63, 3.8) is 0 Å². The lowest BCUT2D eigenvalue weighted by Gasteiger charge is -2.36. The molecule has 0 bridgehead atoms. The fourth-order valence-electron chi connectivity index (χ4n) is 2.43. The summed E-state index contributed by atoms with van der Waals surface area (Å²) < 4.78 is 0. The van der Waals surface area contributed by atoms with Gasteiger partial charge in [-0.1, -0.05) is 6.07 Å². The Morgan fingerprint density at radius 1 is 1.38 bits per heavy atom. The van der Waals surface area contributed by atoms with Crippen LogP contribution in [0.25, 0.3) is 0 Å². The van der Waals surface area contributed by atoms with Gasteiger partial charge in [-0.25, -0.2) is 0 Å². The molecule has 1 heterocycles. The number of benzene rings is 1. The third-order valence-electron chi connectivity index (χ3n) is 3.63. The lowest BCUT2D eigenvalue weighted by atomic mass is 9.65. The highest BCUT2D eigenvalue weighted by Gasteiger charge is 2.39. The molecule has 1 N–H and O–H groups in total. The number of nitriles is 1. The van der Waals surface area contributed by atoms with Crippen LogP contribution in [0.4, 0.5) is 5.69 Å². The quantitative estimate of drug-likeness (QED) is 0.805. The lowest BCUT2D eigenvalue weighted by molar-refractivity contribution is 0.323.